The summed E-state index contributed by atoms with van der Waals surface area (Å²) in [4.78, 5) is 0. The van der Waals surface area contributed by atoms with Gasteiger partial charge in [0.2, 0.25) is 0 Å². The van der Waals surface area contributed by atoms with Crippen molar-refractivity contribution in [2.45, 2.75) is 39.7 Å². The molecule has 0 aromatic heterocycles. The van der Waals surface area contributed by atoms with Crippen LogP contribution in [0.25, 0.3) is 6.08 Å². The Morgan fingerprint density at radius 1 is 1.35 bits per heavy atom. The highest BCUT2D eigenvalue weighted by atomic mass is 15.0. The van der Waals surface area contributed by atoms with Crippen LogP contribution in [0.15, 0.2) is 35.9 Å². The zero-order chi connectivity index (χ0) is 14.6. The lowest BCUT2D eigenvalue weighted by molar-refractivity contribution is 0.348. The van der Waals surface area contributed by atoms with Crippen molar-refractivity contribution in [3.05, 3.63) is 41.5 Å². The van der Waals surface area contributed by atoms with E-state index in [0.29, 0.717) is 12.0 Å². The SMILES string of the molecule is CC/C(=C\c1ccccc1)C1CC1NCC(C)(C)CN. The van der Waals surface area contributed by atoms with Gasteiger partial charge in [0.1, 0.15) is 0 Å². The maximum Gasteiger partial charge on any atom is 0.0140 e. The number of nitrogens with two attached hydrogens (primary N) is 1. The summed E-state index contributed by atoms with van der Waals surface area (Å²) in [6.45, 7) is 8.44. The van der Waals surface area contributed by atoms with Crippen LogP contribution in [0, 0.1) is 11.3 Å². The van der Waals surface area contributed by atoms with Gasteiger partial charge in [-0.05, 0) is 36.3 Å². The Morgan fingerprint density at radius 2 is 2.05 bits per heavy atom. The van der Waals surface area contributed by atoms with Crippen LogP contribution in [0.1, 0.15) is 39.2 Å². The third kappa shape index (κ3) is 4.19. The second kappa shape index (κ2) is 6.55. The third-order valence-corrected chi connectivity index (χ3v) is 4.22. The van der Waals surface area contributed by atoms with Crippen molar-refractivity contribution >= 4 is 6.08 Å². The van der Waals surface area contributed by atoms with E-state index in [4.69, 9.17) is 5.73 Å². The minimum Gasteiger partial charge on any atom is -0.330 e. The predicted molar refractivity (Wildman–Crippen MR) is 87.4 cm³/mol. The Bertz CT molecular complexity index is 448. The Morgan fingerprint density at radius 3 is 2.65 bits per heavy atom. The monoisotopic (exact) mass is 272 g/mol. The van der Waals surface area contributed by atoms with Crippen LogP contribution < -0.4 is 11.1 Å². The molecule has 110 valence electrons. The maximum atomic E-state index is 5.78. The topological polar surface area (TPSA) is 38.0 Å². The third-order valence-electron chi connectivity index (χ3n) is 4.22. The van der Waals surface area contributed by atoms with Gasteiger partial charge in [-0.25, -0.2) is 0 Å². The van der Waals surface area contributed by atoms with Crippen LogP contribution >= 0.6 is 0 Å². The quantitative estimate of drug-likeness (QED) is 0.798. The van der Waals surface area contributed by atoms with Gasteiger partial charge in [-0.15, -0.1) is 0 Å². The molecule has 1 fully saturated rings. The first-order valence-corrected chi connectivity index (χ1v) is 7.74. The first kappa shape index (κ1) is 15.3. The fourth-order valence-corrected chi connectivity index (χ4v) is 2.54. The minimum atomic E-state index is 0.197. The van der Waals surface area contributed by atoms with E-state index in [2.05, 4.69) is 62.5 Å². The molecular weight excluding hydrogens is 244 g/mol. The number of nitrogens with one attached hydrogen (secondary N) is 1. The van der Waals surface area contributed by atoms with E-state index < -0.39 is 0 Å². The van der Waals surface area contributed by atoms with Gasteiger partial charge in [0.15, 0.2) is 0 Å². The summed E-state index contributed by atoms with van der Waals surface area (Å²) in [5, 5.41) is 3.68. The number of hydrogen-bond acceptors (Lipinski definition) is 2. The van der Waals surface area contributed by atoms with E-state index in [1.54, 1.807) is 5.57 Å². The Labute approximate surface area is 123 Å². The first-order chi connectivity index (χ1) is 9.55. The van der Waals surface area contributed by atoms with E-state index in [1.807, 2.05) is 0 Å². The van der Waals surface area contributed by atoms with Crippen LogP contribution in [0.2, 0.25) is 0 Å². The normalized spacial score (nSPS) is 22.9. The summed E-state index contributed by atoms with van der Waals surface area (Å²) < 4.78 is 0. The Kier molecular flexibility index (Phi) is 5.00. The van der Waals surface area contributed by atoms with E-state index in [0.717, 1.165) is 19.5 Å². The summed E-state index contributed by atoms with van der Waals surface area (Å²) in [5.74, 6) is 0.716. The van der Waals surface area contributed by atoms with Crippen molar-refractivity contribution < 1.29 is 0 Å². The second-order valence-electron chi connectivity index (χ2n) is 6.68. The lowest BCUT2D eigenvalue weighted by Gasteiger charge is -2.23. The zero-order valence-electron chi connectivity index (χ0n) is 13.0. The first-order valence-electron chi connectivity index (χ1n) is 7.74. The van der Waals surface area contributed by atoms with Gasteiger partial charge in [0.25, 0.3) is 0 Å². The Hall–Kier alpha value is -1.12. The summed E-state index contributed by atoms with van der Waals surface area (Å²) in [6, 6.07) is 11.3. The standard InChI is InChI=1S/C18H28N2/c1-4-15(10-14-8-6-5-7-9-14)16-11-17(16)20-13-18(2,3)12-19/h5-10,16-17,20H,4,11-13,19H2,1-3H3/b15-10+. The molecule has 0 bridgehead atoms. The van der Waals surface area contributed by atoms with Crippen LogP contribution in [-0.2, 0) is 0 Å². The van der Waals surface area contributed by atoms with Crippen molar-refractivity contribution in [1.29, 1.82) is 0 Å². The molecule has 2 rings (SSSR count). The highest BCUT2D eigenvalue weighted by Gasteiger charge is 2.39. The van der Waals surface area contributed by atoms with Crippen molar-refractivity contribution in [2.75, 3.05) is 13.1 Å². The van der Waals surface area contributed by atoms with Gasteiger partial charge in [0.05, 0.1) is 0 Å². The number of hydrogen-bond donors (Lipinski definition) is 2. The van der Waals surface area contributed by atoms with Gasteiger partial charge < -0.3 is 11.1 Å². The molecule has 2 unspecified atom stereocenters. The summed E-state index contributed by atoms with van der Waals surface area (Å²) >= 11 is 0. The van der Waals surface area contributed by atoms with Crippen LogP contribution in [0.5, 0.6) is 0 Å². The summed E-state index contributed by atoms with van der Waals surface area (Å²) in [6.07, 6.45) is 4.77. The fraction of sp³-hybridized carbons (Fsp3) is 0.556. The van der Waals surface area contributed by atoms with Crippen LogP contribution in [0.4, 0.5) is 0 Å². The van der Waals surface area contributed by atoms with E-state index >= 15 is 0 Å². The molecule has 0 aliphatic heterocycles. The smallest absolute Gasteiger partial charge is 0.0140 e. The van der Waals surface area contributed by atoms with Crippen molar-refractivity contribution in [3.63, 3.8) is 0 Å². The highest BCUT2D eigenvalue weighted by molar-refractivity contribution is 5.54. The molecule has 0 amide bonds. The van der Waals surface area contributed by atoms with E-state index in [9.17, 15) is 0 Å². The minimum absolute atomic E-state index is 0.197. The van der Waals surface area contributed by atoms with E-state index in [1.165, 1.54) is 12.0 Å². The molecule has 2 nitrogen and oxygen atoms in total. The molecule has 1 aromatic rings. The zero-order valence-corrected chi connectivity index (χ0v) is 13.0. The maximum absolute atomic E-state index is 5.78. The van der Waals surface area contributed by atoms with Crippen molar-refractivity contribution in [3.8, 4) is 0 Å². The molecule has 1 aromatic carbocycles. The highest BCUT2D eigenvalue weighted by Crippen LogP contribution is 2.40. The Balaban J connectivity index is 1.91. The van der Waals surface area contributed by atoms with Gasteiger partial charge >= 0.3 is 0 Å². The average molecular weight is 272 g/mol. The molecule has 1 aliphatic carbocycles. The molecule has 3 N–H and O–H groups in total. The fourth-order valence-electron chi connectivity index (χ4n) is 2.54. The van der Waals surface area contributed by atoms with Gasteiger partial charge in [-0.3, -0.25) is 0 Å². The number of benzene rings is 1. The van der Waals surface area contributed by atoms with Gasteiger partial charge in [-0.2, -0.15) is 0 Å². The average Bonchev–Trinajstić information content (AvgIpc) is 3.23. The van der Waals surface area contributed by atoms with Gasteiger partial charge in [0, 0.05) is 12.6 Å². The molecule has 2 atom stereocenters. The number of rotatable bonds is 7. The molecule has 0 spiro atoms. The van der Waals surface area contributed by atoms with Crippen molar-refractivity contribution in [2.24, 2.45) is 17.1 Å². The van der Waals surface area contributed by atoms with Crippen molar-refractivity contribution in [1.82, 2.24) is 5.32 Å². The van der Waals surface area contributed by atoms with Gasteiger partial charge in [-0.1, -0.05) is 62.8 Å². The molecular formula is C18H28N2. The van der Waals surface area contributed by atoms with Crippen LogP contribution in [-0.4, -0.2) is 19.1 Å². The summed E-state index contributed by atoms with van der Waals surface area (Å²) in [5.41, 5.74) is 8.87. The molecule has 1 saturated carbocycles. The molecule has 1 aliphatic rings. The van der Waals surface area contributed by atoms with E-state index in [-0.39, 0.29) is 5.41 Å². The van der Waals surface area contributed by atoms with Crippen LogP contribution in [0.3, 0.4) is 0 Å². The molecule has 2 heteroatoms. The lowest BCUT2D eigenvalue weighted by Crippen LogP contribution is -2.37. The molecule has 20 heavy (non-hydrogen) atoms. The molecule has 0 heterocycles. The summed E-state index contributed by atoms with van der Waals surface area (Å²) in [7, 11) is 0. The second-order valence-corrected chi connectivity index (χ2v) is 6.68. The largest absolute Gasteiger partial charge is 0.330 e. The molecule has 0 saturated heterocycles. The molecule has 0 radical (unpaired) electrons. The predicted octanol–water partition coefficient (Wildman–Crippen LogP) is 3.44. The lowest BCUT2D eigenvalue weighted by atomic mass is 9.94.